The summed E-state index contributed by atoms with van der Waals surface area (Å²) in [4.78, 5) is 23.5. The van der Waals surface area contributed by atoms with Crippen LogP contribution in [0.5, 0.6) is 0 Å². The summed E-state index contributed by atoms with van der Waals surface area (Å²) in [5, 5.41) is 0.366. The number of nitrogen functional groups attached to an aromatic ring is 1. The number of carbonyl (C=O) groups excluding carboxylic acids is 1. The maximum Gasteiger partial charge on any atom is 0.249 e. The third-order valence-corrected chi connectivity index (χ3v) is 4.66. The summed E-state index contributed by atoms with van der Waals surface area (Å²) in [6.07, 6.45) is 1.46. The van der Waals surface area contributed by atoms with Crippen molar-refractivity contribution in [1.82, 2.24) is 15.0 Å². The largest absolute Gasteiger partial charge is 0.368 e. The van der Waals surface area contributed by atoms with Gasteiger partial charge >= 0.3 is 0 Å². The molecule has 0 fully saturated rings. The molecule has 138 valence electrons. The van der Waals surface area contributed by atoms with E-state index in [2.05, 4.69) is 15.0 Å². The standard InChI is InChI=1S/C21H16ClN5O/c22-16-11-25-21(24)27-19(16)17-10-15(13-8-4-5-9-14(13)20(23)28)18(26-17)12-6-2-1-3-7-12/h1-11,26H,(H2,23,28)(H2,24,25,27). The van der Waals surface area contributed by atoms with Crippen LogP contribution in [0.15, 0.2) is 66.9 Å². The van der Waals surface area contributed by atoms with Gasteiger partial charge in [0.15, 0.2) is 0 Å². The molecule has 0 aliphatic rings. The summed E-state index contributed by atoms with van der Waals surface area (Å²) in [7, 11) is 0. The Balaban J connectivity index is 1.99. The minimum absolute atomic E-state index is 0.120. The molecule has 0 aliphatic carbocycles. The average Bonchev–Trinajstić information content (AvgIpc) is 3.15. The zero-order chi connectivity index (χ0) is 19.7. The van der Waals surface area contributed by atoms with Gasteiger partial charge in [0, 0.05) is 11.1 Å². The molecule has 1 amide bonds. The lowest BCUT2D eigenvalue weighted by Crippen LogP contribution is -2.12. The van der Waals surface area contributed by atoms with Gasteiger partial charge in [0.1, 0.15) is 5.69 Å². The SMILES string of the molecule is NC(=O)c1ccccc1-c1cc(-c2nc(N)ncc2Cl)[nH]c1-c1ccccc1. The Bertz CT molecular complexity index is 1170. The molecule has 0 spiro atoms. The minimum Gasteiger partial charge on any atom is -0.368 e. The van der Waals surface area contributed by atoms with E-state index in [-0.39, 0.29) is 5.95 Å². The normalized spacial score (nSPS) is 10.8. The zero-order valence-corrected chi connectivity index (χ0v) is 15.4. The molecule has 28 heavy (non-hydrogen) atoms. The second-order valence-corrected chi connectivity index (χ2v) is 6.58. The summed E-state index contributed by atoms with van der Waals surface area (Å²) in [6.45, 7) is 0. The van der Waals surface area contributed by atoms with E-state index in [1.165, 1.54) is 6.20 Å². The third-order valence-electron chi connectivity index (χ3n) is 4.38. The molecular formula is C21H16ClN5O. The van der Waals surface area contributed by atoms with Gasteiger partial charge in [-0.2, -0.15) is 0 Å². The Morgan fingerprint density at radius 1 is 1.00 bits per heavy atom. The first-order chi connectivity index (χ1) is 13.5. The van der Waals surface area contributed by atoms with Crippen molar-refractivity contribution in [3.8, 4) is 33.8 Å². The Labute approximate surface area is 166 Å². The van der Waals surface area contributed by atoms with Crippen LogP contribution in [-0.4, -0.2) is 20.9 Å². The van der Waals surface area contributed by atoms with E-state index in [0.29, 0.717) is 22.0 Å². The second-order valence-electron chi connectivity index (χ2n) is 6.17. The molecule has 7 heteroatoms. The Kier molecular flexibility index (Phi) is 4.55. The van der Waals surface area contributed by atoms with Gasteiger partial charge in [-0.15, -0.1) is 0 Å². The number of primary amides is 1. The minimum atomic E-state index is -0.498. The van der Waals surface area contributed by atoms with Gasteiger partial charge in [-0.25, -0.2) is 9.97 Å². The first-order valence-corrected chi connectivity index (χ1v) is 8.88. The number of hydrogen-bond acceptors (Lipinski definition) is 4. The number of benzene rings is 2. The molecule has 0 saturated heterocycles. The molecule has 2 aromatic carbocycles. The number of amides is 1. The van der Waals surface area contributed by atoms with Crippen LogP contribution < -0.4 is 11.5 Å². The van der Waals surface area contributed by atoms with Crippen molar-refractivity contribution < 1.29 is 4.79 Å². The number of nitrogens with two attached hydrogens (primary N) is 2. The fourth-order valence-corrected chi connectivity index (χ4v) is 3.32. The van der Waals surface area contributed by atoms with Crippen molar-refractivity contribution in [3.05, 3.63) is 77.4 Å². The number of rotatable bonds is 4. The van der Waals surface area contributed by atoms with Gasteiger partial charge < -0.3 is 16.5 Å². The van der Waals surface area contributed by atoms with Crippen molar-refractivity contribution in [2.75, 3.05) is 5.73 Å². The lowest BCUT2D eigenvalue weighted by atomic mass is 9.96. The topological polar surface area (TPSA) is 111 Å². The van der Waals surface area contributed by atoms with E-state index in [1.54, 1.807) is 12.1 Å². The van der Waals surface area contributed by atoms with E-state index in [4.69, 9.17) is 23.1 Å². The smallest absolute Gasteiger partial charge is 0.249 e. The van der Waals surface area contributed by atoms with E-state index >= 15 is 0 Å². The fraction of sp³-hybridized carbons (Fsp3) is 0. The summed E-state index contributed by atoms with van der Waals surface area (Å²) in [5.41, 5.74) is 16.2. The first kappa shape index (κ1) is 17.8. The monoisotopic (exact) mass is 389 g/mol. The maximum absolute atomic E-state index is 12.0. The highest BCUT2D eigenvalue weighted by Gasteiger charge is 2.19. The Morgan fingerprint density at radius 3 is 2.46 bits per heavy atom. The van der Waals surface area contributed by atoms with Crippen LogP contribution >= 0.6 is 11.6 Å². The lowest BCUT2D eigenvalue weighted by molar-refractivity contribution is 0.100. The van der Waals surface area contributed by atoms with Crippen LogP contribution in [-0.2, 0) is 0 Å². The number of nitrogens with zero attached hydrogens (tertiary/aromatic N) is 2. The van der Waals surface area contributed by atoms with Crippen molar-refractivity contribution in [2.24, 2.45) is 5.73 Å². The van der Waals surface area contributed by atoms with Crippen molar-refractivity contribution in [2.45, 2.75) is 0 Å². The van der Waals surface area contributed by atoms with Gasteiger partial charge in [0.2, 0.25) is 11.9 Å². The molecule has 2 heterocycles. The lowest BCUT2D eigenvalue weighted by Gasteiger charge is -2.08. The van der Waals surface area contributed by atoms with E-state index in [0.717, 1.165) is 22.4 Å². The van der Waals surface area contributed by atoms with E-state index < -0.39 is 5.91 Å². The fourth-order valence-electron chi connectivity index (χ4n) is 3.13. The number of nitrogens with one attached hydrogen (secondary N) is 1. The number of halogens is 1. The molecule has 0 saturated carbocycles. The molecule has 0 aliphatic heterocycles. The number of anilines is 1. The highest BCUT2D eigenvalue weighted by molar-refractivity contribution is 6.32. The molecule has 0 bridgehead atoms. The number of H-pyrrole nitrogens is 1. The van der Waals surface area contributed by atoms with Gasteiger partial charge in [0.25, 0.3) is 0 Å². The Hall–Kier alpha value is -3.64. The summed E-state index contributed by atoms with van der Waals surface area (Å²) in [5.74, 6) is -0.379. The van der Waals surface area contributed by atoms with Gasteiger partial charge in [0.05, 0.1) is 22.6 Å². The maximum atomic E-state index is 12.0. The van der Waals surface area contributed by atoms with Crippen LogP contribution in [0.4, 0.5) is 5.95 Å². The molecular weight excluding hydrogens is 374 g/mol. The second kappa shape index (κ2) is 7.17. The van der Waals surface area contributed by atoms with Crippen molar-refractivity contribution in [1.29, 1.82) is 0 Å². The Morgan fingerprint density at radius 2 is 1.71 bits per heavy atom. The molecule has 0 unspecified atom stereocenters. The summed E-state index contributed by atoms with van der Waals surface area (Å²) >= 11 is 6.29. The zero-order valence-electron chi connectivity index (χ0n) is 14.7. The number of carbonyl (C=O) groups is 1. The molecule has 4 aromatic rings. The van der Waals surface area contributed by atoms with Crippen LogP contribution in [0.3, 0.4) is 0 Å². The quantitative estimate of drug-likeness (QED) is 0.487. The average molecular weight is 390 g/mol. The number of hydrogen-bond donors (Lipinski definition) is 3. The molecule has 5 N–H and O–H groups in total. The molecule has 4 rings (SSSR count). The van der Waals surface area contributed by atoms with Gasteiger partial charge in [-0.05, 0) is 23.3 Å². The van der Waals surface area contributed by atoms with Crippen LogP contribution in [0, 0.1) is 0 Å². The number of aromatic amines is 1. The third kappa shape index (κ3) is 3.21. The van der Waals surface area contributed by atoms with Crippen LogP contribution in [0.1, 0.15) is 10.4 Å². The molecule has 0 atom stereocenters. The van der Waals surface area contributed by atoms with Crippen LogP contribution in [0.25, 0.3) is 33.8 Å². The molecule has 0 radical (unpaired) electrons. The highest BCUT2D eigenvalue weighted by Crippen LogP contribution is 2.38. The van der Waals surface area contributed by atoms with Crippen molar-refractivity contribution >= 4 is 23.5 Å². The first-order valence-electron chi connectivity index (χ1n) is 8.50. The molecule has 2 aromatic heterocycles. The van der Waals surface area contributed by atoms with Gasteiger partial charge in [-0.1, -0.05) is 60.1 Å². The van der Waals surface area contributed by atoms with Crippen molar-refractivity contribution in [3.63, 3.8) is 0 Å². The molecule has 6 nitrogen and oxygen atoms in total. The number of aromatic nitrogens is 3. The summed E-state index contributed by atoms with van der Waals surface area (Å²) < 4.78 is 0. The van der Waals surface area contributed by atoms with E-state index in [9.17, 15) is 4.79 Å². The summed E-state index contributed by atoms with van der Waals surface area (Å²) in [6, 6.07) is 18.9. The predicted octanol–water partition coefficient (Wildman–Crippen LogP) is 4.14. The van der Waals surface area contributed by atoms with Gasteiger partial charge in [-0.3, -0.25) is 4.79 Å². The van der Waals surface area contributed by atoms with Crippen LogP contribution in [0.2, 0.25) is 5.02 Å². The highest BCUT2D eigenvalue weighted by atomic mass is 35.5. The van der Waals surface area contributed by atoms with E-state index in [1.807, 2.05) is 48.5 Å². The predicted molar refractivity (Wildman–Crippen MR) is 111 cm³/mol.